The van der Waals surface area contributed by atoms with E-state index in [1.807, 2.05) is 30.3 Å². The minimum atomic E-state index is -0.334. The van der Waals surface area contributed by atoms with Crippen LogP contribution >= 0.6 is 11.6 Å². The van der Waals surface area contributed by atoms with Gasteiger partial charge >= 0.3 is 0 Å². The zero-order valence-electron chi connectivity index (χ0n) is 16.7. The van der Waals surface area contributed by atoms with E-state index in [2.05, 4.69) is 5.32 Å². The van der Waals surface area contributed by atoms with Crippen LogP contribution in [0.5, 0.6) is 11.5 Å². The van der Waals surface area contributed by atoms with Gasteiger partial charge in [0.1, 0.15) is 11.5 Å². The maximum atomic E-state index is 12.5. The van der Waals surface area contributed by atoms with Crippen LogP contribution in [0.2, 0.25) is 5.02 Å². The minimum absolute atomic E-state index is 0.000823. The Labute approximate surface area is 185 Å². The van der Waals surface area contributed by atoms with Crippen LogP contribution in [0.3, 0.4) is 0 Å². The van der Waals surface area contributed by atoms with E-state index in [1.165, 1.54) is 0 Å². The normalized spacial score (nSPS) is 12.7. The van der Waals surface area contributed by atoms with Crippen molar-refractivity contribution in [3.05, 3.63) is 83.4 Å². The summed E-state index contributed by atoms with van der Waals surface area (Å²) in [6.45, 7) is 0.333. The summed E-state index contributed by atoms with van der Waals surface area (Å²) in [5, 5.41) is 3.23. The summed E-state index contributed by atoms with van der Waals surface area (Å²) in [6, 6.07) is 22.2. The van der Waals surface area contributed by atoms with E-state index in [1.54, 1.807) is 47.4 Å². The number of amides is 2. The van der Waals surface area contributed by atoms with Crippen LogP contribution in [0.15, 0.2) is 72.8 Å². The quantitative estimate of drug-likeness (QED) is 0.598. The number of ether oxygens (including phenoxy) is 2. The molecule has 7 heteroatoms. The number of fused-ring (bicyclic) bond motifs is 1. The van der Waals surface area contributed by atoms with Crippen molar-refractivity contribution in [1.82, 2.24) is 0 Å². The van der Waals surface area contributed by atoms with Crippen LogP contribution in [0.4, 0.5) is 11.4 Å². The molecule has 0 radical (unpaired) electrons. The number of halogens is 1. The van der Waals surface area contributed by atoms with E-state index >= 15 is 0 Å². The van der Waals surface area contributed by atoms with Crippen LogP contribution in [-0.2, 0) is 16.0 Å². The molecule has 1 aliphatic rings. The summed E-state index contributed by atoms with van der Waals surface area (Å²) >= 11 is 6.04. The van der Waals surface area contributed by atoms with E-state index in [-0.39, 0.29) is 25.0 Å². The van der Waals surface area contributed by atoms with Gasteiger partial charge in [-0.3, -0.25) is 9.59 Å². The largest absolute Gasteiger partial charge is 0.482 e. The third-order valence-corrected chi connectivity index (χ3v) is 5.16. The first-order chi connectivity index (χ1) is 15.1. The van der Waals surface area contributed by atoms with Crippen LogP contribution in [0.25, 0.3) is 0 Å². The highest BCUT2D eigenvalue weighted by atomic mass is 35.5. The highest BCUT2D eigenvalue weighted by molar-refractivity contribution is 6.32. The van der Waals surface area contributed by atoms with Gasteiger partial charge in [-0.2, -0.15) is 0 Å². The van der Waals surface area contributed by atoms with Crippen LogP contribution in [0, 0.1) is 0 Å². The summed E-state index contributed by atoms with van der Waals surface area (Å²) < 4.78 is 11.0. The molecule has 0 saturated heterocycles. The lowest BCUT2D eigenvalue weighted by molar-refractivity contribution is -0.121. The Morgan fingerprint density at radius 1 is 1.06 bits per heavy atom. The van der Waals surface area contributed by atoms with Crippen LogP contribution < -0.4 is 19.7 Å². The van der Waals surface area contributed by atoms with Gasteiger partial charge in [-0.15, -0.1) is 0 Å². The lowest BCUT2D eigenvalue weighted by Crippen LogP contribution is -2.40. The Morgan fingerprint density at radius 3 is 2.65 bits per heavy atom. The Kier molecular flexibility index (Phi) is 6.38. The molecule has 6 nitrogen and oxygen atoms in total. The summed E-state index contributed by atoms with van der Waals surface area (Å²) in [4.78, 5) is 26.5. The van der Waals surface area contributed by atoms with Gasteiger partial charge in [0.25, 0.3) is 11.8 Å². The second kappa shape index (κ2) is 9.53. The molecule has 4 rings (SSSR count). The fourth-order valence-corrected chi connectivity index (χ4v) is 3.50. The average Bonchev–Trinajstić information content (AvgIpc) is 2.78. The number of hydrogen-bond donors (Lipinski definition) is 1. The topological polar surface area (TPSA) is 67.9 Å². The molecule has 0 spiro atoms. The van der Waals surface area contributed by atoms with Crippen LogP contribution in [-0.4, -0.2) is 31.6 Å². The fraction of sp³-hybridized carbons (Fsp3) is 0.167. The average molecular weight is 437 g/mol. The minimum Gasteiger partial charge on any atom is -0.482 e. The number of nitrogens with one attached hydrogen (secondary N) is 1. The van der Waals surface area contributed by atoms with E-state index in [0.717, 1.165) is 5.56 Å². The van der Waals surface area contributed by atoms with Crippen molar-refractivity contribution in [2.75, 3.05) is 30.0 Å². The van der Waals surface area contributed by atoms with Crippen molar-refractivity contribution in [3.63, 3.8) is 0 Å². The van der Waals surface area contributed by atoms with Crippen molar-refractivity contribution in [2.45, 2.75) is 6.42 Å². The third kappa shape index (κ3) is 5.16. The lowest BCUT2D eigenvalue weighted by Gasteiger charge is -2.30. The van der Waals surface area contributed by atoms with Crippen molar-refractivity contribution in [2.24, 2.45) is 0 Å². The van der Waals surface area contributed by atoms with Gasteiger partial charge in [0.2, 0.25) is 0 Å². The van der Waals surface area contributed by atoms with Gasteiger partial charge in [0.15, 0.2) is 13.2 Å². The Morgan fingerprint density at radius 2 is 1.84 bits per heavy atom. The number of nitrogens with zero attached hydrogens (tertiary/aromatic N) is 1. The molecular formula is C24H21ClN2O4. The highest BCUT2D eigenvalue weighted by Crippen LogP contribution is 2.34. The first kappa shape index (κ1) is 20.8. The molecule has 0 saturated carbocycles. The number of benzene rings is 3. The molecular weight excluding hydrogens is 416 g/mol. The summed E-state index contributed by atoms with van der Waals surface area (Å²) in [6.07, 6.45) is 0.717. The van der Waals surface area contributed by atoms with E-state index < -0.39 is 0 Å². The Balaban J connectivity index is 1.43. The second-order valence-corrected chi connectivity index (χ2v) is 7.43. The highest BCUT2D eigenvalue weighted by Gasteiger charge is 2.25. The molecule has 0 aromatic heterocycles. The van der Waals surface area contributed by atoms with Gasteiger partial charge in [0, 0.05) is 12.2 Å². The number of carbonyl (C=O) groups excluding carboxylic acids is 2. The summed E-state index contributed by atoms with van der Waals surface area (Å²) in [5.74, 6) is 0.599. The lowest BCUT2D eigenvalue weighted by atomic mass is 10.1. The standard InChI is InChI=1S/C24H21ClN2O4/c25-19-8-4-5-9-21(19)30-15-23(28)26-18-10-11-22-20(14-18)27(24(29)16-31-22)13-12-17-6-2-1-3-7-17/h1-11,14H,12-13,15-16H2,(H,26,28). The number of hydrogen-bond acceptors (Lipinski definition) is 4. The van der Waals surface area contributed by atoms with Crippen molar-refractivity contribution < 1.29 is 19.1 Å². The second-order valence-electron chi connectivity index (χ2n) is 7.02. The zero-order chi connectivity index (χ0) is 21.6. The first-order valence-corrected chi connectivity index (χ1v) is 10.3. The molecule has 31 heavy (non-hydrogen) atoms. The fourth-order valence-electron chi connectivity index (χ4n) is 3.31. The summed E-state index contributed by atoms with van der Waals surface area (Å²) in [7, 11) is 0. The Bertz CT molecular complexity index is 1090. The summed E-state index contributed by atoms with van der Waals surface area (Å²) in [5.41, 5.74) is 2.33. The molecule has 0 aliphatic carbocycles. The molecule has 1 aliphatic heterocycles. The van der Waals surface area contributed by atoms with E-state index in [9.17, 15) is 9.59 Å². The number of carbonyl (C=O) groups is 2. The Hall–Kier alpha value is -3.51. The van der Waals surface area contributed by atoms with E-state index in [0.29, 0.717) is 40.9 Å². The predicted octanol–water partition coefficient (Wildman–Crippen LogP) is 4.33. The predicted molar refractivity (Wildman–Crippen MR) is 120 cm³/mol. The van der Waals surface area contributed by atoms with Crippen LogP contribution in [0.1, 0.15) is 5.56 Å². The van der Waals surface area contributed by atoms with Gasteiger partial charge in [-0.05, 0) is 42.3 Å². The SMILES string of the molecule is O=C(COc1ccccc1Cl)Nc1ccc2c(c1)N(CCc1ccccc1)C(=O)CO2. The van der Waals surface area contributed by atoms with Crippen molar-refractivity contribution >= 4 is 34.8 Å². The number of rotatable bonds is 7. The molecule has 158 valence electrons. The van der Waals surface area contributed by atoms with Crippen molar-refractivity contribution in [1.29, 1.82) is 0 Å². The molecule has 0 atom stereocenters. The molecule has 2 amide bonds. The van der Waals surface area contributed by atoms with Gasteiger partial charge in [0.05, 0.1) is 10.7 Å². The number of anilines is 2. The van der Waals surface area contributed by atoms with Gasteiger partial charge in [-0.25, -0.2) is 0 Å². The molecule has 1 heterocycles. The molecule has 0 unspecified atom stereocenters. The molecule has 1 N–H and O–H groups in total. The monoisotopic (exact) mass is 436 g/mol. The third-order valence-electron chi connectivity index (χ3n) is 4.85. The number of para-hydroxylation sites is 1. The van der Waals surface area contributed by atoms with E-state index in [4.69, 9.17) is 21.1 Å². The molecule has 3 aromatic rings. The van der Waals surface area contributed by atoms with Gasteiger partial charge in [-0.1, -0.05) is 54.1 Å². The van der Waals surface area contributed by atoms with Gasteiger partial charge < -0.3 is 19.7 Å². The molecule has 3 aromatic carbocycles. The zero-order valence-corrected chi connectivity index (χ0v) is 17.5. The first-order valence-electron chi connectivity index (χ1n) is 9.88. The smallest absolute Gasteiger partial charge is 0.265 e. The molecule has 0 bridgehead atoms. The van der Waals surface area contributed by atoms with Crippen molar-refractivity contribution in [3.8, 4) is 11.5 Å². The maximum absolute atomic E-state index is 12.5. The molecule has 0 fully saturated rings. The maximum Gasteiger partial charge on any atom is 0.265 e.